The molecule has 0 aromatic carbocycles. The molecule has 1 N–H and O–H groups in total. The van der Waals surface area contributed by atoms with Gasteiger partial charge in [-0.2, -0.15) is 0 Å². The lowest BCUT2D eigenvalue weighted by atomic mass is 9.52. The number of fused-ring (bicyclic) bond motifs is 1. The molecule has 0 saturated carbocycles. The highest BCUT2D eigenvalue weighted by Crippen LogP contribution is 2.70. The van der Waals surface area contributed by atoms with Crippen LogP contribution in [0.15, 0.2) is 11.1 Å². The Morgan fingerprint density at radius 1 is 1.15 bits per heavy atom. The highest BCUT2D eigenvalue weighted by molar-refractivity contribution is 8.77. The summed E-state index contributed by atoms with van der Waals surface area (Å²) in [6, 6.07) is 0. The fraction of sp³-hybridized carbons (Fsp3) is 0.853. The second kappa shape index (κ2) is 14.0. The lowest BCUT2D eigenvalue weighted by Crippen LogP contribution is -2.71. The van der Waals surface area contributed by atoms with Gasteiger partial charge in [0.25, 0.3) is 0 Å². The molecule has 266 valence electrons. The van der Waals surface area contributed by atoms with E-state index in [1.165, 1.54) is 18.6 Å². The zero-order valence-corrected chi connectivity index (χ0v) is 30.0. The number of esters is 1. The van der Waals surface area contributed by atoms with Crippen molar-refractivity contribution in [3.05, 3.63) is 11.1 Å². The smallest absolute Gasteiger partial charge is 0.458 e. The molecule has 6 aliphatic rings. The number of cyclic esters (lactones) is 1. The Labute approximate surface area is 287 Å². The van der Waals surface area contributed by atoms with Gasteiger partial charge < -0.3 is 38.5 Å². The highest BCUT2D eigenvalue weighted by atomic mass is 33.1. The van der Waals surface area contributed by atoms with Gasteiger partial charge in [-0.3, -0.25) is 4.79 Å². The molecule has 1 aliphatic carbocycles. The van der Waals surface area contributed by atoms with Crippen molar-refractivity contribution in [2.45, 2.75) is 120 Å². The largest absolute Gasteiger partial charge is 0.508 e. The standard InChI is InChI=1S/C34H51NO10S2.H2/c1-6-25-24-19-41-27(37)23(24)11-13-31(25,4)32(5)33(20-42-33)28(34(21(2)3)29(44-32)45-34)43-30(38)40-17-16-39-15-14-35-26(36)10-8-7-9-22-12-18-46-47-22;/h21-22,25,28-29H,6-20H2,1-5H3,(H,35,36);1H/t22?,25-,28-,29+,31-,32+,33+,34+;/m0./s1. The Bertz CT molecular complexity index is 1240. The van der Waals surface area contributed by atoms with E-state index in [4.69, 9.17) is 33.2 Å². The van der Waals surface area contributed by atoms with Gasteiger partial charge in [-0.15, -0.1) is 0 Å². The average Bonchev–Trinajstić information content (AvgIpc) is 3.89. The molecule has 1 amide bonds. The molecular formula is C34H53NO10S2. The lowest BCUT2D eigenvalue weighted by Gasteiger charge is -2.58. The van der Waals surface area contributed by atoms with Crippen LogP contribution in [-0.4, -0.2) is 97.8 Å². The maximum absolute atomic E-state index is 13.1. The first-order valence-corrected chi connectivity index (χ1v) is 19.8. The molecule has 0 aromatic rings. The number of carbonyl (C=O) groups excluding carboxylic acids is 3. The first-order chi connectivity index (χ1) is 22.5. The van der Waals surface area contributed by atoms with Crippen LogP contribution in [0.25, 0.3) is 0 Å². The van der Waals surface area contributed by atoms with Crippen LogP contribution in [0.4, 0.5) is 4.79 Å². The summed E-state index contributed by atoms with van der Waals surface area (Å²) in [6.07, 6.45) is 4.97. The van der Waals surface area contributed by atoms with Gasteiger partial charge in [0.1, 0.15) is 18.8 Å². The monoisotopic (exact) mass is 699 g/mol. The van der Waals surface area contributed by atoms with Gasteiger partial charge in [0.05, 0.1) is 19.8 Å². The number of unbranched alkanes of at least 4 members (excludes halogenated alkanes) is 1. The van der Waals surface area contributed by atoms with Crippen molar-refractivity contribution in [3.63, 3.8) is 0 Å². The minimum Gasteiger partial charge on any atom is -0.458 e. The first-order valence-electron chi connectivity index (χ1n) is 17.4. The number of amides is 1. The fourth-order valence-corrected chi connectivity index (χ4v) is 11.7. The van der Waals surface area contributed by atoms with E-state index in [1.807, 2.05) is 35.4 Å². The van der Waals surface area contributed by atoms with Crippen molar-refractivity contribution in [2.24, 2.45) is 17.3 Å². The molecule has 1 spiro atoms. The highest BCUT2D eigenvalue weighted by Gasteiger charge is 2.87. The van der Waals surface area contributed by atoms with Crippen LogP contribution >= 0.6 is 21.6 Å². The Morgan fingerprint density at radius 3 is 2.66 bits per heavy atom. The van der Waals surface area contributed by atoms with E-state index in [-0.39, 0.29) is 38.4 Å². The van der Waals surface area contributed by atoms with E-state index < -0.39 is 40.8 Å². The van der Waals surface area contributed by atoms with E-state index in [0.717, 1.165) is 35.7 Å². The second-order valence-corrected chi connectivity index (χ2v) is 17.2. The zero-order valence-electron chi connectivity index (χ0n) is 28.4. The third kappa shape index (κ3) is 6.35. The molecule has 5 heterocycles. The molecule has 11 nitrogen and oxygen atoms in total. The van der Waals surface area contributed by atoms with Gasteiger partial charge in [0, 0.05) is 36.4 Å². The van der Waals surface area contributed by atoms with Crippen molar-refractivity contribution >= 4 is 39.6 Å². The van der Waals surface area contributed by atoms with Gasteiger partial charge in [0.15, 0.2) is 23.6 Å². The molecule has 4 saturated heterocycles. The van der Waals surface area contributed by atoms with Gasteiger partial charge in [-0.1, -0.05) is 55.7 Å². The second-order valence-electron chi connectivity index (χ2n) is 14.4. The molecule has 6 rings (SSSR count). The minimum absolute atomic E-state index is 0. The SMILES string of the molecule is CC[C@H]1C2=C(CC[C@]1(C)[C@@]1(C)O[C@@H]3O[C@]3(C(C)C)[C@@H](OC(=O)OCCOCCNC(=O)CCCCC3CCSS3)[C@]13CO3)C(=O)OC2.[HH]. The molecule has 4 fully saturated rings. The minimum atomic E-state index is -0.934. The topological polar surface area (TPSA) is 134 Å². The molecule has 0 aromatic heterocycles. The Hall–Kier alpha value is -1.51. The van der Waals surface area contributed by atoms with Crippen LogP contribution in [0.1, 0.15) is 87.4 Å². The van der Waals surface area contributed by atoms with Gasteiger partial charge in [-0.25, -0.2) is 9.59 Å². The fourth-order valence-electron chi connectivity index (χ4n) is 8.62. The number of ether oxygens (including phenoxy) is 7. The van der Waals surface area contributed by atoms with Crippen molar-refractivity contribution in [2.75, 3.05) is 45.3 Å². The molecule has 8 atom stereocenters. The summed E-state index contributed by atoms with van der Waals surface area (Å²) in [4.78, 5) is 37.7. The Morgan fingerprint density at radius 2 is 1.96 bits per heavy atom. The third-order valence-corrected chi connectivity index (χ3v) is 14.7. The Balaban J connectivity index is 0.00000451. The molecule has 0 bridgehead atoms. The number of hydrogen-bond acceptors (Lipinski definition) is 12. The Kier molecular flexibility index (Phi) is 10.5. The van der Waals surface area contributed by atoms with Crippen molar-refractivity contribution < 1.29 is 49.0 Å². The molecule has 13 heteroatoms. The number of hydrogen-bond donors (Lipinski definition) is 1. The summed E-state index contributed by atoms with van der Waals surface area (Å²) in [5.41, 5.74) is -1.25. The number of nitrogens with one attached hydrogen (secondary N) is 1. The van der Waals surface area contributed by atoms with Gasteiger partial charge in [0.2, 0.25) is 5.91 Å². The molecule has 0 radical (unpaired) electrons. The normalized spacial score (nSPS) is 38.6. The number of epoxide rings is 2. The van der Waals surface area contributed by atoms with E-state index in [1.54, 1.807) is 0 Å². The molecule has 5 aliphatic heterocycles. The summed E-state index contributed by atoms with van der Waals surface area (Å²) in [5, 5.41) is 3.64. The van der Waals surface area contributed by atoms with E-state index in [0.29, 0.717) is 45.6 Å². The molecular weight excluding hydrogens is 647 g/mol. The van der Waals surface area contributed by atoms with Crippen LogP contribution < -0.4 is 5.32 Å². The van der Waals surface area contributed by atoms with Gasteiger partial charge in [-0.05, 0) is 62.9 Å². The van der Waals surface area contributed by atoms with Crippen molar-refractivity contribution in [3.8, 4) is 0 Å². The van der Waals surface area contributed by atoms with Crippen LogP contribution in [0.5, 0.6) is 0 Å². The van der Waals surface area contributed by atoms with E-state index in [9.17, 15) is 14.4 Å². The van der Waals surface area contributed by atoms with Gasteiger partial charge >= 0.3 is 12.1 Å². The van der Waals surface area contributed by atoms with E-state index >= 15 is 0 Å². The van der Waals surface area contributed by atoms with Crippen LogP contribution in [0, 0.1) is 17.3 Å². The summed E-state index contributed by atoms with van der Waals surface area (Å²) in [6.45, 7) is 12.0. The first kappa shape index (κ1) is 35.3. The van der Waals surface area contributed by atoms with Crippen molar-refractivity contribution in [1.29, 1.82) is 0 Å². The predicted octanol–water partition coefficient (Wildman–Crippen LogP) is 5.59. The summed E-state index contributed by atoms with van der Waals surface area (Å²) in [5.74, 6) is 1.08. The number of carbonyl (C=O) groups is 3. The third-order valence-electron chi connectivity index (χ3n) is 11.7. The number of rotatable bonds is 15. The predicted molar refractivity (Wildman–Crippen MR) is 179 cm³/mol. The maximum atomic E-state index is 13.1. The average molecular weight is 700 g/mol. The molecule has 1 unspecified atom stereocenters. The van der Waals surface area contributed by atoms with Crippen LogP contribution in [0.3, 0.4) is 0 Å². The van der Waals surface area contributed by atoms with Crippen LogP contribution in [-0.2, 0) is 42.7 Å². The lowest BCUT2D eigenvalue weighted by molar-refractivity contribution is -0.247. The quantitative estimate of drug-likeness (QED) is 0.0989. The van der Waals surface area contributed by atoms with Crippen LogP contribution in [0.2, 0.25) is 0 Å². The van der Waals surface area contributed by atoms with Crippen molar-refractivity contribution in [1.82, 2.24) is 5.32 Å². The summed E-state index contributed by atoms with van der Waals surface area (Å²) < 4.78 is 42.1. The zero-order chi connectivity index (χ0) is 33.5. The van der Waals surface area contributed by atoms with E-state index in [2.05, 4.69) is 26.1 Å². The maximum Gasteiger partial charge on any atom is 0.508 e. The molecule has 47 heavy (non-hydrogen) atoms. The summed E-state index contributed by atoms with van der Waals surface area (Å²) in [7, 11) is 3.93. The summed E-state index contributed by atoms with van der Waals surface area (Å²) >= 11 is 0.